The molecular formula is C10H10BrN3. The molecule has 14 heavy (non-hydrogen) atoms. The molecule has 0 unspecified atom stereocenters. The molecule has 1 aromatic carbocycles. The normalized spacial score (nSPS) is 10.4. The van der Waals surface area contributed by atoms with Gasteiger partial charge in [0.1, 0.15) is 11.6 Å². The third-order valence-electron chi connectivity index (χ3n) is 1.96. The number of nitrogen functional groups attached to an aromatic ring is 1. The summed E-state index contributed by atoms with van der Waals surface area (Å²) in [4.78, 5) is 7.25. The van der Waals surface area contributed by atoms with E-state index in [1.165, 1.54) is 0 Å². The number of aryl methyl sites for hydroxylation is 1. The molecule has 0 saturated carbocycles. The van der Waals surface area contributed by atoms with Gasteiger partial charge in [0.25, 0.3) is 0 Å². The van der Waals surface area contributed by atoms with Crippen LogP contribution in [0.25, 0.3) is 11.3 Å². The predicted octanol–water partition coefficient (Wildman–Crippen LogP) is 2.73. The van der Waals surface area contributed by atoms with E-state index in [4.69, 9.17) is 5.73 Å². The van der Waals surface area contributed by atoms with Crippen molar-refractivity contribution in [3.63, 3.8) is 0 Å². The minimum Gasteiger partial charge on any atom is -0.382 e. The van der Waals surface area contributed by atoms with Crippen LogP contribution in [0.3, 0.4) is 0 Å². The lowest BCUT2D eigenvalue weighted by Crippen LogP contribution is -1.88. The first-order valence-electron chi connectivity index (χ1n) is 4.25. The fourth-order valence-electron chi connectivity index (χ4n) is 1.37. The first-order chi connectivity index (χ1) is 6.66. The van der Waals surface area contributed by atoms with Crippen LogP contribution in [-0.2, 0) is 0 Å². The number of aromatic nitrogens is 2. The van der Waals surface area contributed by atoms with Crippen LogP contribution >= 0.6 is 15.9 Å². The van der Waals surface area contributed by atoms with Gasteiger partial charge in [-0.1, -0.05) is 28.1 Å². The highest BCUT2D eigenvalue weighted by atomic mass is 79.9. The molecule has 0 spiro atoms. The highest BCUT2D eigenvalue weighted by Crippen LogP contribution is 2.25. The maximum Gasteiger partial charge on any atom is 0.149 e. The molecule has 3 nitrogen and oxygen atoms in total. The monoisotopic (exact) mass is 251 g/mol. The van der Waals surface area contributed by atoms with Crippen molar-refractivity contribution in [3.05, 3.63) is 34.6 Å². The number of nitrogens with zero attached hydrogens (tertiary/aromatic N) is 1. The number of nitrogens with one attached hydrogen (secondary N) is 1. The Hall–Kier alpha value is -1.29. The van der Waals surface area contributed by atoms with Crippen molar-refractivity contribution in [1.82, 2.24) is 9.97 Å². The fraction of sp³-hybridized carbons (Fsp3) is 0.100. The average Bonchev–Trinajstić information content (AvgIpc) is 2.45. The summed E-state index contributed by atoms with van der Waals surface area (Å²) < 4.78 is 1.03. The second-order valence-electron chi connectivity index (χ2n) is 3.09. The van der Waals surface area contributed by atoms with E-state index in [1.807, 2.05) is 31.2 Å². The number of benzene rings is 1. The first kappa shape index (κ1) is 9.27. The number of aromatic amines is 1. The molecule has 0 aliphatic rings. The molecule has 0 radical (unpaired) electrons. The number of hydrogen-bond acceptors (Lipinski definition) is 2. The van der Waals surface area contributed by atoms with Crippen LogP contribution in [-0.4, -0.2) is 9.97 Å². The third kappa shape index (κ3) is 1.65. The van der Waals surface area contributed by atoms with Gasteiger partial charge in [0.05, 0.1) is 5.69 Å². The molecule has 3 N–H and O–H groups in total. The minimum atomic E-state index is 0.542. The summed E-state index contributed by atoms with van der Waals surface area (Å²) in [6, 6.07) is 7.94. The molecule has 0 atom stereocenters. The molecule has 72 valence electrons. The second-order valence-corrected chi connectivity index (χ2v) is 4.01. The zero-order valence-corrected chi connectivity index (χ0v) is 9.30. The molecule has 0 aliphatic heterocycles. The third-order valence-corrected chi connectivity index (χ3v) is 2.46. The Morgan fingerprint density at radius 3 is 2.79 bits per heavy atom. The summed E-state index contributed by atoms with van der Waals surface area (Å²) in [6.07, 6.45) is 0. The Balaban J connectivity index is 2.54. The lowest BCUT2D eigenvalue weighted by atomic mass is 10.1. The van der Waals surface area contributed by atoms with Crippen LogP contribution in [0.2, 0.25) is 0 Å². The van der Waals surface area contributed by atoms with Crippen molar-refractivity contribution in [2.24, 2.45) is 0 Å². The summed E-state index contributed by atoms with van der Waals surface area (Å²) in [5.41, 5.74) is 7.68. The molecule has 0 saturated heterocycles. The highest BCUT2D eigenvalue weighted by molar-refractivity contribution is 9.10. The minimum absolute atomic E-state index is 0.542. The van der Waals surface area contributed by atoms with E-state index in [0.29, 0.717) is 5.82 Å². The molecule has 0 fully saturated rings. The number of H-pyrrole nitrogens is 1. The topological polar surface area (TPSA) is 54.7 Å². The molecule has 2 rings (SSSR count). The smallest absolute Gasteiger partial charge is 0.149 e. The SMILES string of the molecule is Cc1nc(N)c(-c2cccc(Br)c2)[nH]1. The average molecular weight is 252 g/mol. The van der Waals surface area contributed by atoms with E-state index in [0.717, 1.165) is 21.6 Å². The standard InChI is InChI=1S/C10H10BrN3/c1-6-13-9(10(12)14-6)7-3-2-4-8(11)5-7/h2-5H,12H2,1H3,(H,13,14). The Morgan fingerprint density at radius 2 is 2.21 bits per heavy atom. The van der Waals surface area contributed by atoms with Crippen molar-refractivity contribution in [2.75, 3.05) is 5.73 Å². The van der Waals surface area contributed by atoms with E-state index in [1.54, 1.807) is 0 Å². The molecule has 2 aromatic rings. The molecule has 0 aliphatic carbocycles. The summed E-state index contributed by atoms with van der Waals surface area (Å²) >= 11 is 3.42. The molecule has 0 bridgehead atoms. The van der Waals surface area contributed by atoms with Gasteiger partial charge >= 0.3 is 0 Å². The lowest BCUT2D eigenvalue weighted by molar-refractivity contribution is 1.15. The van der Waals surface area contributed by atoms with Crippen molar-refractivity contribution in [1.29, 1.82) is 0 Å². The fourth-order valence-corrected chi connectivity index (χ4v) is 1.77. The van der Waals surface area contributed by atoms with Gasteiger partial charge in [-0.2, -0.15) is 0 Å². The second kappa shape index (κ2) is 3.46. The molecular weight excluding hydrogens is 242 g/mol. The van der Waals surface area contributed by atoms with Gasteiger partial charge in [-0.3, -0.25) is 0 Å². The van der Waals surface area contributed by atoms with Crippen molar-refractivity contribution in [2.45, 2.75) is 6.92 Å². The van der Waals surface area contributed by atoms with Gasteiger partial charge in [-0.25, -0.2) is 4.98 Å². The Morgan fingerprint density at radius 1 is 1.43 bits per heavy atom. The molecule has 4 heteroatoms. The largest absolute Gasteiger partial charge is 0.382 e. The summed E-state index contributed by atoms with van der Waals surface area (Å²) in [6.45, 7) is 1.89. The van der Waals surface area contributed by atoms with E-state index >= 15 is 0 Å². The van der Waals surface area contributed by atoms with E-state index < -0.39 is 0 Å². The quantitative estimate of drug-likeness (QED) is 0.819. The zero-order chi connectivity index (χ0) is 10.1. The number of halogens is 1. The maximum atomic E-state index is 5.77. The van der Waals surface area contributed by atoms with Crippen molar-refractivity contribution >= 4 is 21.7 Å². The van der Waals surface area contributed by atoms with Crippen molar-refractivity contribution < 1.29 is 0 Å². The first-order valence-corrected chi connectivity index (χ1v) is 5.04. The van der Waals surface area contributed by atoms with Crippen LogP contribution in [0.4, 0.5) is 5.82 Å². The molecule has 0 amide bonds. The lowest BCUT2D eigenvalue weighted by Gasteiger charge is -1.99. The summed E-state index contributed by atoms with van der Waals surface area (Å²) in [5.74, 6) is 1.37. The number of imidazole rings is 1. The van der Waals surface area contributed by atoms with Gasteiger partial charge in [-0.05, 0) is 19.1 Å². The van der Waals surface area contributed by atoms with Crippen LogP contribution in [0.5, 0.6) is 0 Å². The zero-order valence-electron chi connectivity index (χ0n) is 7.71. The van der Waals surface area contributed by atoms with Crippen molar-refractivity contribution in [3.8, 4) is 11.3 Å². The van der Waals surface area contributed by atoms with E-state index in [-0.39, 0.29) is 0 Å². The van der Waals surface area contributed by atoms with Gasteiger partial charge < -0.3 is 10.7 Å². The highest BCUT2D eigenvalue weighted by Gasteiger charge is 2.06. The Bertz CT molecular complexity index is 462. The van der Waals surface area contributed by atoms with Gasteiger partial charge in [0.2, 0.25) is 0 Å². The molecule has 1 heterocycles. The van der Waals surface area contributed by atoms with E-state index in [9.17, 15) is 0 Å². The van der Waals surface area contributed by atoms with Crippen LogP contribution < -0.4 is 5.73 Å². The number of nitrogens with two attached hydrogens (primary N) is 1. The summed E-state index contributed by atoms with van der Waals surface area (Å²) in [5, 5.41) is 0. The van der Waals surface area contributed by atoms with Gasteiger partial charge in [0, 0.05) is 10.0 Å². The maximum absolute atomic E-state index is 5.77. The van der Waals surface area contributed by atoms with E-state index in [2.05, 4.69) is 25.9 Å². The Labute approximate surface area is 90.5 Å². The van der Waals surface area contributed by atoms with Crippen LogP contribution in [0.15, 0.2) is 28.7 Å². The molecule has 1 aromatic heterocycles. The predicted molar refractivity (Wildman–Crippen MR) is 60.9 cm³/mol. The number of rotatable bonds is 1. The van der Waals surface area contributed by atoms with Crippen LogP contribution in [0.1, 0.15) is 5.82 Å². The van der Waals surface area contributed by atoms with Crippen LogP contribution in [0, 0.1) is 6.92 Å². The number of anilines is 1. The number of hydrogen-bond donors (Lipinski definition) is 2. The summed E-state index contributed by atoms with van der Waals surface area (Å²) in [7, 11) is 0. The van der Waals surface area contributed by atoms with Gasteiger partial charge in [0.15, 0.2) is 0 Å². The van der Waals surface area contributed by atoms with Gasteiger partial charge in [-0.15, -0.1) is 0 Å². The Kier molecular flexibility index (Phi) is 2.29.